The zero-order valence-corrected chi connectivity index (χ0v) is 21.9. The zero-order valence-electron chi connectivity index (χ0n) is 21.9. The first-order valence-corrected chi connectivity index (χ1v) is 14.1. The molecule has 1 aliphatic carbocycles. The first-order chi connectivity index (χ1) is 18.5. The number of hydrogen-bond donors (Lipinski definition) is 2. The van der Waals surface area contributed by atoms with Crippen LogP contribution in [0.5, 0.6) is 5.75 Å². The quantitative estimate of drug-likeness (QED) is 0.508. The van der Waals surface area contributed by atoms with Gasteiger partial charge in [-0.25, -0.2) is 0 Å². The number of carbonyl (C=O) groups is 3. The van der Waals surface area contributed by atoms with Crippen molar-refractivity contribution in [3.8, 4) is 5.75 Å². The van der Waals surface area contributed by atoms with Gasteiger partial charge in [-0.3, -0.25) is 14.4 Å². The second-order valence-corrected chi connectivity index (χ2v) is 11.1. The first kappa shape index (κ1) is 25.4. The van der Waals surface area contributed by atoms with Gasteiger partial charge in [0.2, 0.25) is 17.7 Å². The molecule has 3 saturated heterocycles. The molecule has 4 fully saturated rings. The van der Waals surface area contributed by atoms with Crippen molar-refractivity contribution in [2.24, 2.45) is 11.8 Å². The predicted molar refractivity (Wildman–Crippen MR) is 139 cm³/mol. The van der Waals surface area contributed by atoms with Gasteiger partial charge in [-0.1, -0.05) is 31.4 Å². The Balaban J connectivity index is 1.26. The highest BCUT2D eigenvalue weighted by molar-refractivity contribution is 6.02. The number of hydrogen-bond acceptors (Lipinski definition) is 6. The first-order valence-electron chi connectivity index (χ1n) is 14.1. The fraction of sp³-hybridized carbons (Fsp3) is 0.621. The van der Waals surface area contributed by atoms with E-state index in [4.69, 9.17) is 14.2 Å². The monoisotopic (exact) mass is 523 g/mol. The number of nitrogens with zero attached hydrogens (tertiary/aromatic N) is 1. The van der Waals surface area contributed by atoms with Gasteiger partial charge in [-0.05, 0) is 56.9 Å². The summed E-state index contributed by atoms with van der Waals surface area (Å²) in [5.41, 5.74) is -0.535. The smallest absolute Gasteiger partial charge is 0.246 e. The molecular weight excluding hydrogens is 486 g/mol. The molecule has 0 unspecified atom stereocenters. The van der Waals surface area contributed by atoms with Gasteiger partial charge in [0.25, 0.3) is 0 Å². The van der Waals surface area contributed by atoms with Gasteiger partial charge in [-0.15, -0.1) is 0 Å². The SMILES string of the molecule is CCOc1ccc(NC(=O)[C@H]2[C@H]3C=C[C@]4(O3)[C@H](C(=O)NC3CCCCC3)N(C[C@@H]3CCCO3)C(=O)[C@@H]24)cc1. The van der Waals surface area contributed by atoms with Crippen LogP contribution in [0, 0.1) is 11.8 Å². The Morgan fingerprint density at radius 2 is 1.87 bits per heavy atom. The molecule has 1 saturated carbocycles. The van der Waals surface area contributed by atoms with Crippen LogP contribution in [0.25, 0.3) is 0 Å². The molecule has 6 atom stereocenters. The highest BCUT2D eigenvalue weighted by atomic mass is 16.5. The van der Waals surface area contributed by atoms with Crippen LogP contribution in [0.4, 0.5) is 5.69 Å². The largest absolute Gasteiger partial charge is 0.494 e. The standard InChI is InChI=1S/C29H37N3O6/c1-2-36-20-12-10-19(11-13-20)30-26(33)23-22-14-15-29(38-22)24(23)28(35)32(17-21-9-6-16-37-21)25(29)27(34)31-18-7-4-3-5-8-18/h10-15,18,21-25H,2-9,16-17H2,1H3,(H,30,33)(H,31,34)/t21-,22+,23-,24+,25-,29+/m0/s1. The summed E-state index contributed by atoms with van der Waals surface area (Å²) in [5, 5.41) is 6.19. The van der Waals surface area contributed by atoms with E-state index in [0.717, 1.165) is 44.3 Å². The van der Waals surface area contributed by atoms with Crippen LogP contribution in [-0.4, -0.2) is 72.3 Å². The highest BCUT2D eigenvalue weighted by Crippen LogP contribution is 2.55. The van der Waals surface area contributed by atoms with Crippen molar-refractivity contribution in [3.63, 3.8) is 0 Å². The molecule has 2 bridgehead atoms. The summed E-state index contributed by atoms with van der Waals surface area (Å²) in [6.07, 6.45) is 10.1. The van der Waals surface area contributed by atoms with Crippen molar-refractivity contribution >= 4 is 23.4 Å². The third-order valence-electron chi connectivity index (χ3n) is 8.73. The summed E-state index contributed by atoms with van der Waals surface area (Å²) < 4.78 is 17.8. The summed E-state index contributed by atoms with van der Waals surface area (Å²) in [4.78, 5) is 43.1. The molecule has 3 amide bonds. The van der Waals surface area contributed by atoms with E-state index in [1.54, 1.807) is 29.2 Å². The second kappa shape index (κ2) is 10.3. The van der Waals surface area contributed by atoms with Crippen molar-refractivity contribution in [2.75, 3.05) is 25.1 Å². The lowest BCUT2D eigenvalue weighted by molar-refractivity contribution is -0.143. The average Bonchev–Trinajstić information content (AvgIpc) is 3.69. The number of likely N-dealkylation sites (tertiary alicyclic amines) is 1. The summed E-state index contributed by atoms with van der Waals surface area (Å²) in [6, 6.07) is 6.44. The van der Waals surface area contributed by atoms with Crippen LogP contribution in [0.15, 0.2) is 36.4 Å². The van der Waals surface area contributed by atoms with Crippen LogP contribution in [0.2, 0.25) is 0 Å². The predicted octanol–water partition coefficient (Wildman–Crippen LogP) is 2.80. The normalized spacial score (nSPS) is 34.0. The molecule has 38 heavy (non-hydrogen) atoms. The Bertz CT molecular complexity index is 1090. The molecular formula is C29H37N3O6. The number of nitrogens with one attached hydrogen (secondary N) is 2. The molecule has 6 rings (SSSR count). The number of fused-ring (bicyclic) bond motifs is 1. The molecule has 0 radical (unpaired) electrons. The van der Waals surface area contributed by atoms with Crippen molar-refractivity contribution in [3.05, 3.63) is 36.4 Å². The molecule has 204 valence electrons. The van der Waals surface area contributed by atoms with Gasteiger partial charge >= 0.3 is 0 Å². The molecule has 5 aliphatic rings. The lowest BCUT2D eigenvalue weighted by Crippen LogP contribution is -2.57. The van der Waals surface area contributed by atoms with E-state index in [9.17, 15) is 14.4 Å². The van der Waals surface area contributed by atoms with Crippen LogP contribution < -0.4 is 15.4 Å². The topological polar surface area (TPSA) is 106 Å². The summed E-state index contributed by atoms with van der Waals surface area (Å²) in [6.45, 7) is 3.46. The van der Waals surface area contributed by atoms with Crippen molar-refractivity contribution in [1.29, 1.82) is 0 Å². The van der Waals surface area contributed by atoms with Gasteiger partial charge in [-0.2, -0.15) is 0 Å². The minimum atomic E-state index is -1.15. The van der Waals surface area contributed by atoms with Crippen LogP contribution in [0.1, 0.15) is 51.9 Å². The van der Waals surface area contributed by atoms with E-state index >= 15 is 0 Å². The fourth-order valence-corrected chi connectivity index (χ4v) is 7.03. The molecule has 9 nitrogen and oxygen atoms in total. The van der Waals surface area contributed by atoms with E-state index in [2.05, 4.69) is 10.6 Å². The Kier molecular flexibility index (Phi) is 6.90. The number of amides is 3. The number of benzene rings is 1. The van der Waals surface area contributed by atoms with Gasteiger partial charge < -0.3 is 29.7 Å². The average molecular weight is 524 g/mol. The van der Waals surface area contributed by atoms with Crippen molar-refractivity contribution < 1.29 is 28.6 Å². The van der Waals surface area contributed by atoms with E-state index in [0.29, 0.717) is 25.4 Å². The number of ether oxygens (including phenoxy) is 3. The summed E-state index contributed by atoms with van der Waals surface area (Å²) in [5.74, 6) is -1.44. The van der Waals surface area contributed by atoms with Crippen LogP contribution >= 0.6 is 0 Å². The molecule has 1 aromatic carbocycles. The van der Waals surface area contributed by atoms with Crippen LogP contribution in [-0.2, 0) is 23.9 Å². The maximum Gasteiger partial charge on any atom is 0.246 e. The molecule has 2 N–H and O–H groups in total. The van der Waals surface area contributed by atoms with Crippen LogP contribution in [0.3, 0.4) is 0 Å². The minimum Gasteiger partial charge on any atom is -0.494 e. The molecule has 1 spiro atoms. The molecule has 1 aromatic rings. The van der Waals surface area contributed by atoms with Gasteiger partial charge in [0.05, 0.1) is 30.7 Å². The third kappa shape index (κ3) is 4.39. The van der Waals surface area contributed by atoms with Gasteiger partial charge in [0.1, 0.15) is 17.4 Å². The Labute approximate surface area is 223 Å². The van der Waals surface area contributed by atoms with Crippen molar-refractivity contribution in [2.45, 2.75) is 81.8 Å². The van der Waals surface area contributed by atoms with Gasteiger partial charge in [0, 0.05) is 24.9 Å². The molecule has 4 aliphatic heterocycles. The Morgan fingerprint density at radius 1 is 1.08 bits per heavy atom. The molecule has 0 aromatic heterocycles. The Hall–Kier alpha value is -2.91. The Morgan fingerprint density at radius 3 is 2.58 bits per heavy atom. The lowest BCUT2D eigenvalue weighted by atomic mass is 9.74. The number of anilines is 1. The maximum absolute atomic E-state index is 14.0. The fourth-order valence-electron chi connectivity index (χ4n) is 7.03. The third-order valence-corrected chi connectivity index (χ3v) is 8.73. The highest BCUT2D eigenvalue weighted by Gasteiger charge is 2.73. The maximum atomic E-state index is 14.0. The zero-order chi connectivity index (χ0) is 26.3. The number of rotatable bonds is 8. The van der Waals surface area contributed by atoms with E-state index < -0.39 is 29.6 Å². The second-order valence-electron chi connectivity index (χ2n) is 11.1. The molecule has 4 heterocycles. The summed E-state index contributed by atoms with van der Waals surface area (Å²) in [7, 11) is 0. The van der Waals surface area contributed by atoms with Crippen molar-refractivity contribution in [1.82, 2.24) is 10.2 Å². The van der Waals surface area contributed by atoms with E-state index in [1.807, 2.05) is 19.1 Å². The van der Waals surface area contributed by atoms with E-state index in [1.165, 1.54) is 6.42 Å². The summed E-state index contributed by atoms with van der Waals surface area (Å²) >= 11 is 0. The minimum absolute atomic E-state index is 0.104. The van der Waals surface area contributed by atoms with E-state index in [-0.39, 0.29) is 29.9 Å². The number of carbonyl (C=O) groups excluding carboxylic acids is 3. The lowest BCUT2D eigenvalue weighted by Gasteiger charge is -2.34. The molecule has 9 heteroatoms. The van der Waals surface area contributed by atoms with Gasteiger partial charge in [0.15, 0.2) is 0 Å².